The summed E-state index contributed by atoms with van der Waals surface area (Å²) < 4.78 is 0. The zero-order chi connectivity index (χ0) is 15.5. The Hall–Kier alpha value is -0.943. The van der Waals surface area contributed by atoms with Crippen molar-refractivity contribution in [2.45, 2.75) is 25.2 Å². The number of benzene rings is 1. The van der Waals surface area contributed by atoms with Crippen LogP contribution in [0, 0.1) is 17.8 Å². The van der Waals surface area contributed by atoms with Crippen LogP contribution in [0.15, 0.2) is 42.5 Å². The summed E-state index contributed by atoms with van der Waals surface area (Å²) in [4.78, 5) is 0. The Kier molecular flexibility index (Phi) is 5.38. The molecule has 0 radical (unpaired) electrons. The van der Waals surface area contributed by atoms with Crippen molar-refractivity contribution in [1.29, 1.82) is 0 Å². The molecule has 0 saturated heterocycles. The van der Waals surface area contributed by atoms with Crippen LogP contribution in [-0.4, -0.2) is 42.7 Å². The molecule has 0 aromatic heterocycles. The molecule has 0 aliphatic heterocycles. The van der Waals surface area contributed by atoms with E-state index < -0.39 is 14.2 Å². The van der Waals surface area contributed by atoms with Gasteiger partial charge in [0, 0.05) is 31.0 Å². The molecule has 1 aliphatic carbocycles. The van der Waals surface area contributed by atoms with Crippen LogP contribution in [0.1, 0.15) is 0 Å². The van der Waals surface area contributed by atoms with E-state index >= 15 is 0 Å². The summed E-state index contributed by atoms with van der Waals surface area (Å²) in [7, 11) is -1.64. The molecule has 0 bridgehead atoms. The van der Waals surface area contributed by atoms with Crippen LogP contribution in [0.5, 0.6) is 0 Å². The molecule has 0 spiro atoms. The van der Waals surface area contributed by atoms with Gasteiger partial charge in [0.15, 0.2) is 0 Å². The first kappa shape index (κ1) is 16.4. The fourth-order valence-corrected chi connectivity index (χ4v) is 6.22. The molecule has 1 aromatic rings. The maximum absolute atomic E-state index is 10.5. The first-order valence-corrected chi connectivity index (χ1v) is 10.8. The number of rotatable bonds is 5. The Balaban J connectivity index is 2.15. The summed E-state index contributed by atoms with van der Waals surface area (Å²) in [6, 6.07) is 11.4. The van der Waals surface area contributed by atoms with Gasteiger partial charge in [-0.15, -0.1) is 0 Å². The van der Waals surface area contributed by atoms with E-state index in [1.54, 1.807) is 0 Å². The first-order valence-electron chi connectivity index (χ1n) is 7.63. The lowest BCUT2D eigenvalue weighted by Crippen LogP contribution is -2.47. The van der Waals surface area contributed by atoms with Crippen molar-refractivity contribution in [2.75, 3.05) is 13.2 Å². The van der Waals surface area contributed by atoms with Gasteiger partial charge in [0.2, 0.25) is 0 Å². The van der Waals surface area contributed by atoms with Gasteiger partial charge in [0.05, 0.1) is 14.2 Å². The maximum atomic E-state index is 10.5. The van der Waals surface area contributed by atoms with Crippen LogP contribution in [0.25, 0.3) is 0 Å². The highest BCUT2D eigenvalue weighted by Gasteiger charge is 2.38. The Morgan fingerprint density at radius 2 is 1.57 bits per heavy atom. The molecule has 0 saturated carbocycles. The van der Waals surface area contributed by atoms with E-state index in [0.29, 0.717) is 0 Å². The molecule has 4 heteroatoms. The normalized spacial score (nSPS) is 29.6. The third-order valence-corrected chi connectivity index (χ3v) is 8.14. The molecule has 21 heavy (non-hydrogen) atoms. The second-order valence-corrected chi connectivity index (χ2v) is 11.4. The predicted molar refractivity (Wildman–Crippen MR) is 88.2 cm³/mol. The highest BCUT2D eigenvalue weighted by atomic mass is 28.3. The number of aliphatic hydroxyl groups is 3. The molecule has 3 N–H and O–H groups in total. The van der Waals surface area contributed by atoms with Crippen molar-refractivity contribution in [3.63, 3.8) is 0 Å². The highest BCUT2D eigenvalue weighted by molar-refractivity contribution is 6.89. The molecular weight excluding hydrogens is 280 g/mol. The van der Waals surface area contributed by atoms with Gasteiger partial charge in [-0.3, -0.25) is 0 Å². The van der Waals surface area contributed by atoms with Gasteiger partial charge >= 0.3 is 0 Å². The van der Waals surface area contributed by atoms with Crippen LogP contribution in [0.4, 0.5) is 0 Å². The van der Waals surface area contributed by atoms with Crippen LogP contribution >= 0.6 is 0 Å². The number of aliphatic hydroxyl groups excluding tert-OH is 3. The molecule has 0 unspecified atom stereocenters. The van der Waals surface area contributed by atoms with Crippen molar-refractivity contribution in [3.8, 4) is 0 Å². The van der Waals surface area contributed by atoms with Gasteiger partial charge in [0.1, 0.15) is 0 Å². The van der Waals surface area contributed by atoms with Gasteiger partial charge in [-0.25, -0.2) is 0 Å². The highest BCUT2D eigenvalue weighted by Crippen LogP contribution is 2.33. The van der Waals surface area contributed by atoms with E-state index in [9.17, 15) is 15.3 Å². The Bertz CT molecular complexity index is 472. The van der Waals surface area contributed by atoms with E-state index in [1.807, 2.05) is 18.2 Å². The van der Waals surface area contributed by atoms with Crippen LogP contribution in [-0.2, 0) is 0 Å². The average molecular weight is 306 g/mol. The third kappa shape index (κ3) is 3.63. The third-order valence-electron chi connectivity index (χ3n) is 4.76. The predicted octanol–water partition coefficient (Wildman–Crippen LogP) is 1.37. The van der Waals surface area contributed by atoms with Crippen molar-refractivity contribution < 1.29 is 15.3 Å². The standard InChI is InChI=1S/C17H26O3Si/c1-21(2,15-6-4-3-5-7-15)12-14-9-8-13(10-18)16(11-19)17(14)20/h3-9,13-14,16-20H,10-12H2,1-2H3/t13-,14-,16+,17-/m1/s1. The van der Waals surface area contributed by atoms with E-state index in [4.69, 9.17) is 0 Å². The second-order valence-electron chi connectivity index (χ2n) is 6.69. The summed E-state index contributed by atoms with van der Waals surface area (Å²) in [5, 5.41) is 30.8. The second kappa shape index (κ2) is 6.88. The van der Waals surface area contributed by atoms with Crippen LogP contribution in [0.2, 0.25) is 19.1 Å². The van der Waals surface area contributed by atoms with Gasteiger partial charge < -0.3 is 15.3 Å². The summed E-state index contributed by atoms with van der Waals surface area (Å²) in [5.74, 6) is -0.333. The van der Waals surface area contributed by atoms with Crippen molar-refractivity contribution in [3.05, 3.63) is 42.5 Å². The van der Waals surface area contributed by atoms with Crippen LogP contribution < -0.4 is 5.19 Å². The van der Waals surface area contributed by atoms with Crippen LogP contribution in [0.3, 0.4) is 0 Å². The number of hydrogen-bond acceptors (Lipinski definition) is 3. The monoisotopic (exact) mass is 306 g/mol. The summed E-state index contributed by atoms with van der Waals surface area (Å²) >= 11 is 0. The summed E-state index contributed by atoms with van der Waals surface area (Å²) in [5.41, 5.74) is 0. The topological polar surface area (TPSA) is 60.7 Å². The Morgan fingerprint density at radius 1 is 0.952 bits per heavy atom. The minimum Gasteiger partial charge on any atom is -0.396 e. The quantitative estimate of drug-likeness (QED) is 0.569. The minimum atomic E-state index is -1.64. The minimum absolute atomic E-state index is 0.0228. The molecule has 1 aromatic carbocycles. The van der Waals surface area contributed by atoms with Crippen molar-refractivity contribution in [2.24, 2.45) is 17.8 Å². The van der Waals surface area contributed by atoms with Crippen molar-refractivity contribution in [1.82, 2.24) is 0 Å². The molecule has 0 heterocycles. The Morgan fingerprint density at radius 3 is 2.14 bits per heavy atom. The summed E-state index contributed by atoms with van der Waals surface area (Å²) in [6.45, 7) is 4.52. The molecular formula is C17H26O3Si. The summed E-state index contributed by atoms with van der Waals surface area (Å²) in [6.07, 6.45) is 3.43. The smallest absolute Gasteiger partial charge is 0.0813 e. The molecule has 116 valence electrons. The van der Waals surface area contributed by atoms with Gasteiger partial charge in [-0.1, -0.05) is 60.8 Å². The van der Waals surface area contributed by atoms with Crippen molar-refractivity contribution >= 4 is 13.3 Å². The fourth-order valence-electron chi connectivity index (χ4n) is 3.34. The zero-order valence-corrected chi connectivity index (χ0v) is 13.8. The van der Waals surface area contributed by atoms with E-state index in [2.05, 4.69) is 37.4 Å². The molecule has 0 fully saturated rings. The zero-order valence-electron chi connectivity index (χ0n) is 12.8. The lowest BCUT2D eigenvalue weighted by Gasteiger charge is -2.38. The SMILES string of the molecule is C[Si](C)(C[C@H]1C=C[C@H](CO)[C@H](CO)[C@@H]1O)c1ccccc1. The van der Waals surface area contributed by atoms with E-state index in [1.165, 1.54) is 5.19 Å². The molecule has 1 aliphatic rings. The lowest BCUT2D eigenvalue weighted by molar-refractivity contribution is 0.000308. The van der Waals surface area contributed by atoms with E-state index in [-0.39, 0.29) is 31.0 Å². The molecule has 0 amide bonds. The van der Waals surface area contributed by atoms with E-state index in [0.717, 1.165) is 6.04 Å². The van der Waals surface area contributed by atoms with Gasteiger partial charge in [0.25, 0.3) is 0 Å². The Labute approximate surface area is 128 Å². The van der Waals surface area contributed by atoms with Gasteiger partial charge in [-0.2, -0.15) is 0 Å². The first-order chi connectivity index (χ1) is 9.99. The largest absolute Gasteiger partial charge is 0.396 e. The molecule has 3 nitrogen and oxygen atoms in total. The van der Waals surface area contributed by atoms with Gasteiger partial charge in [-0.05, 0) is 6.04 Å². The molecule has 2 rings (SSSR count). The fraction of sp³-hybridized carbons (Fsp3) is 0.529. The lowest BCUT2D eigenvalue weighted by atomic mass is 9.78. The number of hydrogen-bond donors (Lipinski definition) is 3. The average Bonchev–Trinajstić information content (AvgIpc) is 2.50. The molecule has 4 atom stereocenters. The maximum Gasteiger partial charge on any atom is 0.0813 e.